The lowest BCUT2D eigenvalue weighted by Gasteiger charge is -2.32. The summed E-state index contributed by atoms with van der Waals surface area (Å²) >= 11 is 3.33. The molecule has 1 aromatic rings. The summed E-state index contributed by atoms with van der Waals surface area (Å²) < 4.78 is 38.9. The van der Waals surface area contributed by atoms with Crippen LogP contribution in [-0.2, 0) is 11.6 Å². The van der Waals surface area contributed by atoms with Crippen molar-refractivity contribution in [1.82, 2.24) is 0 Å². The van der Waals surface area contributed by atoms with E-state index in [-0.39, 0.29) is 0 Å². The minimum Gasteiger partial charge on any atom is -0.330 e. The Hall–Kier alpha value is -0.550. The van der Waals surface area contributed by atoms with Crippen LogP contribution in [0.15, 0.2) is 22.7 Å². The van der Waals surface area contributed by atoms with E-state index >= 15 is 0 Å². The Kier molecular flexibility index (Phi) is 4.84. The molecule has 1 nitrogen and oxygen atoms in total. The molecule has 0 radical (unpaired) electrons. The lowest BCUT2D eigenvalue weighted by atomic mass is 9.75. The molecule has 0 bridgehead atoms. The molecule has 18 heavy (non-hydrogen) atoms. The van der Waals surface area contributed by atoms with Crippen LogP contribution >= 0.6 is 15.9 Å². The van der Waals surface area contributed by atoms with E-state index in [9.17, 15) is 13.2 Å². The van der Waals surface area contributed by atoms with Gasteiger partial charge < -0.3 is 5.73 Å². The Balaban J connectivity index is 3.39. The van der Waals surface area contributed by atoms with Gasteiger partial charge in [-0.1, -0.05) is 29.8 Å². The van der Waals surface area contributed by atoms with Crippen LogP contribution in [0.3, 0.4) is 0 Å². The first-order valence-corrected chi connectivity index (χ1v) is 6.67. The second-order valence-electron chi connectivity index (χ2n) is 4.38. The highest BCUT2D eigenvalue weighted by Gasteiger charge is 2.34. The van der Waals surface area contributed by atoms with E-state index in [1.54, 1.807) is 0 Å². The van der Waals surface area contributed by atoms with Crippen molar-refractivity contribution in [1.29, 1.82) is 0 Å². The first kappa shape index (κ1) is 15.5. The molecule has 1 rings (SSSR count). The van der Waals surface area contributed by atoms with Crippen molar-refractivity contribution in [2.75, 3.05) is 6.54 Å². The van der Waals surface area contributed by atoms with E-state index in [1.807, 2.05) is 13.8 Å². The Morgan fingerprint density at radius 1 is 1.17 bits per heavy atom. The second kappa shape index (κ2) is 5.61. The van der Waals surface area contributed by atoms with E-state index < -0.39 is 17.2 Å². The van der Waals surface area contributed by atoms with Gasteiger partial charge in [-0.15, -0.1) is 0 Å². The van der Waals surface area contributed by atoms with E-state index in [0.717, 1.165) is 6.07 Å². The third-order valence-corrected chi connectivity index (χ3v) is 4.30. The molecule has 0 aliphatic carbocycles. The largest absolute Gasteiger partial charge is 0.416 e. The smallest absolute Gasteiger partial charge is 0.330 e. The van der Waals surface area contributed by atoms with Crippen molar-refractivity contribution in [2.45, 2.75) is 38.3 Å². The lowest BCUT2D eigenvalue weighted by Crippen LogP contribution is -2.34. The second-order valence-corrected chi connectivity index (χ2v) is 5.24. The zero-order valence-corrected chi connectivity index (χ0v) is 12.0. The summed E-state index contributed by atoms with van der Waals surface area (Å²) in [7, 11) is 0. The highest BCUT2D eigenvalue weighted by atomic mass is 79.9. The van der Waals surface area contributed by atoms with E-state index in [4.69, 9.17) is 5.73 Å². The fraction of sp³-hybridized carbons (Fsp3) is 0.538. The number of benzene rings is 1. The molecule has 0 atom stereocenters. The zero-order chi connectivity index (χ0) is 14.0. The molecule has 0 heterocycles. The van der Waals surface area contributed by atoms with Crippen molar-refractivity contribution >= 4 is 15.9 Å². The number of halogens is 4. The molecule has 0 aromatic heterocycles. The molecule has 0 amide bonds. The topological polar surface area (TPSA) is 26.0 Å². The third-order valence-electron chi connectivity index (χ3n) is 3.61. The van der Waals surface area contributed by atoms with Gasteiger partial charge in [0.05, 0.1) is 5.56 Å². The molecule has 1 aromatic carbocycles. The standard InChI is InChI=1S/C13H17BrF3N/c1-3-12(4-2,8-18)10-7-9(13(15,16)17)5-6-11(10)14/h5-7H,3-4,8,18H2,1-2H3. The van der Waals surface area contributed by atoms with Gasteiger partial charge in [0, 0.05) is 16.4 Å². The van der Waals surface area contributed by atoms with Crippen LogP contribution in [-0.4, -0.2) is 6.54 Å². The lowest BCUT2D eigenvalue weighted by molar-refractivity contribution is -0.137. The minimum absolute atomic E-state index is 0.333. The Morgan fingerprint density at radius 2 is 1.72 bits per heavy atom. The number of hydrogen-bond donors (Lipinski definition) is 1. The van der Waals surface area contributed by atoms with Gasteiger partial charge in [0.1, 0.15) is 0 Å². The summed E-state index contributed by atoms with van der Waals surface area (Å²) in [4.78, 5) is 0. The summed E-state index contributed by atoms with van der Waals surface area (Å²) in [5.41, 5.74) is 5.40. The molecular weight excluding hydrogens is 307 g/mol. The highest BCUT2D eigenvalue weighted by Crippen LogP contribution is 2.39. The minimum atomic E-state index is -4.32. The molecule has 5 heteroatoms. The van der Waals surface area contributed by atoms with Gasteiger partial charge in [-0.25, -0.2) is 0 Å². The van der Waals surface area contributed by atoms with Crippen LogP contribution in [0.2, 0.25) is 0 Å². The third kappa shape index (κ3) is 2.88. The molecule has 0 spiro atoms. The molecule has 0 aliphatic heterocycles. The molecule has 0 saturated heterocycles. The summed E-state index contributed by atoms with van der Waals surface area (Å²) in [5.74, 6) is 0. The molecular formula is C13H17BrF3N. The van der Waals surface area contributed by atoms with Crippen LogP contribution in [0.4, 0.5) is 13.2 Å². The fourth-order valence-electron chi connectivity index (χ4n) is 2.14. The van der Waals surface area contributed by atoms with Gasteiger partial charge in [-0.3, -0.25) is 0 Å². The number of alkyl halides is 3. The summed E-state index contributed by atoms with van der Waals surface area (Å²) in [6.45, 7) is 4.23. The van der Waals surface area contributed by atoms with Gasteiger partial charge in [-0.2, -0.15) is 13.2 Å². The normalized spacial score (nSPS) is 12.8. The molecule has 102 valence electrons. The maximum atomic E-state index is 12.8. The van der Waals surface area contributed by atoms with E-state index in [0.29, 0.717) is 29.4 Å². The molecule has 0 aliphatic rings. The van der Waals surface area contributed by atoms with Crippen molar-refractivity contribution in [3.63, 3.8) is 0 Å². The number of hydrogen-bond acceptors (Lipinski definition) is 1. The first-order chi connectivity index (χ1) is 8.30. The average Bonchev–Trinajstić information content (AvgIpc) is 2.32. The van der Waals surface area contributed by atoms with Crippen LogP contribution in [0.1, 0.15) is 37.8 Å². The van der Waals surface area contributed by atoms with Crippen LogP contribution in [0, 0.1) is 0 Å². The van der Waals surface area contributed by atoms with Crippen LogP contribution in [0.25, 0.3) is 0 Å². The Labute approximate surface area is 114 Å². The number of rotatable bonds is 4. The summed E-state index contributed by atoms with van der Waals surface area (Å²) in [6, 6.07) is 3.75. The van der Waals surface area contributed by atoms with Gasteiger partial charge in [0.2, 0.25) is 0 Å². The van der Waals surface area contributed by atoms with Gasteiger partial charge in [-0.05, 0) is 36.6 Å². The maximum absolute atomic E-state index is 12.8. The van der Waals surface area contributed by atoms with Crippen LogP contribution < -0.4 is 5.73 Å². The SMILES string of the molecule is CCC(CC)(CN)c1cc(C(F)(F)F)ccc1Br. The van der Waals surface area contributed by atoms with Crippen molar-refractivity contribution in [2.24, 2.45) is 5.73 Å². The van der Waals surface area contributed by atoms with Gasteiger partial charge >= 0.3 is 6.18 Å². The van der Waals surface area contributed by atoms with Gasteiger partial charge in [0.15, 0.2) is 0 Å². The quantitative estimate of drug-likeness (QED) is 0.868. The highest BCUT2D eigenvalue weighted by molar-refractivity contribution is 9.10. The summed E-state index contributed by atoms with van der Waals surface area (Å²) in [5, 5.41) is 0. The predicted molar refractivity (Wildman–Crippen MR) is 70.5 cm³/mol. The fourth-order valence-corrected chi connectivity index (χ4v) is 2.80. The first-order valence-electron chi connectivity index (χ1n) is 5.88. The molecule has 0 fully saturated rings. The van der Waals surface area contributed by atoms with Crippen molar-refractivity contribution in [3.05, 3.63) is 33.8 Å². The van der Waals surface area contributed by atoms with Crippen molar-refractivity contribution in [3.8, 4) is 0 Å². The Morgan fingerprint density at radius 3 is 2.11 bits per heavy atom. The summed E-state index contributed by atoms with van der Waals surface area (Å²) in [6.07, 6.45) is -2.91. The van der Waals surface area contributed by atoms with Crippen LogP contribution in [0.5, 0.6) is 0 Å². The average molecular weight is 324 g/mol. The number of nitrogens with two attached hydrogens (primary N) is 1. The van der Waals surface area contributed by atoms with E-state index in [1.165, 1.54) is 12.1 Å². The Bertz CT molecular complexity index is 403. The monoisotopic (exact) mass is 323 g/mol. The van der Waals surface area contributed by atoms with E-state index in [2.05, 4.69) is 15.9 Å². The van der Waals surface area contributed by atoms with Crippen molar-refractivity contribution < 1.29 is 13.2 Å². The van der Waals surface area contributed by atoms with Gasteiger partial charge in [0.25, 0.3) is 0 Å². The predicted octanol–water partition coefficient (Wildman–Crippen LogP) is 4.48. The zero-order valence-electron chi connectivity index (χ0n) is 10.4. The molecule has 0 unspecified atom stereocenters. The molecule has 2 N–H and O–H groups in total. The molecule has 0 saturated carbocycles. The maximum Gasteiger partial charge on any atom is 0.416 e.